The Balaban J connectivity index is 1.39. The number of fused-ring (bicyclic) bond motifs is 1. The molecule has 6 nitrogen and oxygen atoms in total. The first-order valence-corrected chi connectivity index (χ1v) is 8.74. The Morgan fingerprint density at radius 2 is 1.85 bits per heavy atom. The van der Waals surface area contributed by atoms with Crippen LogP contribution in [-0.4, -0.2) is 34.3 Å². The molecular formula is C20H19FN4O2. The van der Waals surface area contributed by atoms with Crippen molar-refractivity contribution in [3.8, 4) is 0 Å². The average molecular weight is 366 g/mol. The van der Waals surface area contributed by atoms with E-state index in [1.807, 2.05) is 30.3 Å². The molecule has 0 saturated carbocycles. The van der Waals surface area contributed by atoms with E-state index in [0.29, 0.717) is 12.1 Å². The van der Waals surface area contributed by atoms with Gasteiger partial charge in [0.15, 0.2) is 0 Å². The van der Waals surface area contributed by atoms with Gasteiger partial charge >= 0.3 is 0 Å². The van der Waals surface area contributed by atoms with Crippen LogP contribution in [0.1, 0.15) is 18.0 Å². The summed E-state index contributed by atoms with van der Waals surface area (Å²) in [5, 5.41) is 4.47. The lowest BCUT2D eigenvalue weighted by Crippen LogP contribution is -2.49. The van der Waals surface area contributed by atoms with Gasteiger partial charge in [-0.05, 0) is 36.2 Å². The number of nitrogens with one attached hydrogen (secondary N) is 2. The molecule has 138 valence electrons. The summed E-state index contributed by atoms with van der Waals surface area (Å²) in [6, 6.07) is 15.2. The topological polar surface area (TPSA) is 64.7 Å². The highest BCUT2D eigenvalue weighted by atomic mass is 19.1. The van der Waals surface area contributed by atoms with Crippen LogP contribution >= 0.6 is 0 Å². The number of anilines is 1. The minimum absolute atomic E-state index is 0.0535. The van der Waals surface area contributed by atoms with Gasteiger partial charge in [0, 0.05) is 18.1 Å². The smallest absolute Gasteiger partial charge is 0.251 e. The molecule has 1 fully saturated rings. The molecule has 2 amide bonds. The highest BCUT2D eigenvalue weighted by Gasteiger charge is 2.40. The Labute approximate surface area is 156 Å². The van der Waals surface area contributed by atoms with E-state index >= 15 is 0 Å². The molecular weight excluding hydrogens is 347 g/mol. The van der Waals surface area contributed by atoms with Crippen LogP contribution < -0.4 is 10.7 Å². The van der Waals surface area contributed by atoms with Crippen molar-refractivity contribution in [3.63, 3.8) is 0 Å². The van der Waals surface area contributed by atoms with Crippen LogP contribution in [0.15, 0.2) is 67.0 Å². The van der Waals surface area contributed by atoms with E-state index < -0.39 is 0 Å². The maximum Gasteiger partial charge on any atom is 0.251 e. The fourth-order valence-corrected chi connectivity index (χ4v) is 3.36. The van der Waals surface area contributed by atoms with Crippen molar-refractivity contribution in [2.75, 3.05) is 11.9 Å². The molecule has 2 unspecified atom stereocenters. The normalized spacial score (nSPS) is 21.3. The van der Waals surface area contributed by atoms with Crippen LogP contribution in [0.2, 0.25) is 0 Å². The first-order valence-electron chi connectivity index (χ1n) is 8.74. The Morgan fingerprint density at radius 3 is 2.59 bits per heavy atom. The molecule has 0 aromatic heterocycles. The van der Waals surface area contributed by atoms with Crippen molar-refractivity contribution >= 4 is 17.5 Å². The van der Waals surface area contributed by atoms with Crippen molar-refractivity contribution in [1.29, 1.82) is 0 Å². The molecule has 2 aromatic carbocycles. The molecule has 0 radical (unpaired) electrons. The van der Waals surface area contributed by atoms with E-state index in [4.69, 9.17) is 0 Å². The summed E-state index contributed by atoms with van der Waals surface area (Å²) in [5.41, 5.74) is 4.93. The molecule has 2 aromatic rings. The largest absolute Gasteiger partial charge is 0.325 e. The highest BCUT2D eigenvalue weighted by Crippen LogP contribution is 2.30. The maximum atomic E-state index is 12.9. The van der Waals surface area contributed by atoms with Gasteiger partial charge in [0.2, 0.25) is 5.91 Å². The fraction of sp³-hybridized carbons (Fsp3) is 0.200. The van der Waals surface area contributed by atoms with E-state index in [9.17, 15) is 14.0 Å². The van der Waals surface area contributed by atoms with Gasteiger partial charge in [-0.25, -0.2) is 9.82 Å². The lowest BCUT2D eigenvalue weighted by atomic mass is 10.0. The molecule has 0 spiro atoms. The molecule has 2 atom stereocenters. The number of hydrogen-bond donors (Lipinski definition) is 2. The number of benzene rings is 2. The zero-order chi connectivity index (χ0) is 18.8. The Kier molecular flexibility index (Phi) is 4.60. The summed E-state index contributed by atoms with van der Waals surface area (Å²) in [7, 11) is 0. The van der Waals surface area contributed by atoms with Crippen molar-refractivity contribution in [2.45, 2.75) is 18.5 Å². The molecule has 2 aliphatic heterocycles. The number of rotatable bonds is 4. The fourth-order valence-electron chi connectivity index (χ4n) is 3.36. The number of hydrogen-bond acceptors (Lipinski definition) is 4. The molecule has 2 heterocycles. The van der Waals surface area contributed by atoms with Crippen molar-refractivity contribution < 1.29 is 14.0 Å². The van der Waals surface area contributed by atoms with Crippen LogP contribution in [0.3, 0.4) is 0 Å². The number of amides is 2. The summed E-state index contributed by atoms with van der Waals surface area (Å²) in [6.07, 6.45) is 4.01. The van der Waals surface area contributed by atoms with Crippen LogP contribution in [-0.2, 0) is 9.59 Å². The van der Waals surface area contributed by atoms with Crippen molar-refractivity contribution in [2.24, 2.45) is 0 Å². The molecule has 7 heteroatoms. The Bertz CT molecular complexity index is 869. The van der Waals surface area contributed by atoms with E-state index in [2.05, 4.69) is 10.7 Å². The van der Waals surface area contributed by atoms with Gasteiger partial charge in [-0.3, -0.25) is 9.59 Å². The first-order chi connectivity index (χ1) is 13.1. The summed E-state index contributed by atoms with van der Waals surface area (Å²) in [6.45, 7) is -0.0902. The van der Waals surface area contributed by atoms with E-state index in [-0.39, 0.29) is 36.3 Å². The predicted octanol–water partition coefficient (Wildman–Crippen LogP) is 2.40. The molecule has 0 bridgehead atoms. The number of halogens is 1. The van der Waals surface area contributed by atoms with Crippen molar-refractivity contribution in [3.05, 3.63) is 78.4 Å². The molecule has 2 aliphatic rings. The third kappa shape index (κ3) is 3.68. The van der Waals surface area contributed by atoms with Crippen LogP contribution in [0.4, 0.5) is 10.1 Å². The van der Waals surface area contributed by atoms with Gasteiger partial charge in [-0.15, -0.1) is 0 Å². The Hall–Kier alpha value is -3.19. The molecule has 27 heavy (non-hydrogen) atoms. The maximum absolute atomic E-state index is 12.9. The zero-order valence-corrected chi connectivity index (χ0v) is 14.5. The first kappa shape index (κ1) is 17.2. The summed E-state index contributed by atoms with van der Waals surface area (Å²) >= 11 is 0. The predicted molar refractivity (Wildman–Crippen MR) is 98.4 cm³/mol. The second-order valence-electron chi connectivity index (χ2n) is 6.57. The summed E-state index contributed by atoms with van der Waals surface area (Å²) in [4.78, 5) is 26.4. The number of carbonyl (C=O) groups excluding carboxylic acids is 2. The molecule has 4 rings (SSSR count). The highest BCUT2D eigenvalue weighted by molar-refractivity contribution is 5.96. The van der Waals surface area contributed by atoms with Crippen LogP contribution in [0, 0.1) is 5.82 Å². The number of hydrazine groups is 1. The number of nitrogens with zero attached hydrogens (tertiary/aromatic N) is 2. The lowest BCUT2D eigenvalue weighted by Gasteiger charge is -2.31. The SMILES string of the molecule is O=C(CN1C=CN2NC(c3ccccc3)CC2C1=O)Nc1ccc(F)cc1. The lowest BCUT2D eigenvalue weighted by molar-refractivity contribution is -0.137. The summed E-state index contributed by atoms with van der Waals surface area (Å²) in [5.74, 6) is -0.833. The van der Waals surface area contributed by atoms with E-state index in [1.54, 1.807) is 17.4 Å². The van der Waals surface area contributed by atoms with E-state index in [0.717, 1.165) is 5.56 Å². The van der Waals surface area contributed by atoms with Gasteiger partial charge in [0.1, 0.15) is 18.4 Å². The Morgan fingerprint density at radius 1 is 1.11 bits per heavy atom. The average Bonchev–Trinajstić information content (AvgIpc) is 3.12. The minimum Gasteiger partial charge on any atom is -0.325 e. The van der Waals surface area contributed by atoms with Crippen molar-refractivity contribution in [1.82, 2.24) is 15.3 Å². The van der Waals surface area contributed by atoms with E-state index in [1.165, 1.54) is 29.2 Å². The second-order valence-corrected chi connectivity index (χ2v) is 6.57. The van der Waals surface area contributed by atoms with Gasteiger partial charge < -0.3 is 15.2 Å². The molecule has 0 aliphatic carbocycles. The quantitative estimate of drug-likeness (QED) is 0.872. The second kappa shape index (κ2) is 7.20. The van der Waals surface area contributed by atoms with Crippen LogP contribution in [0.5, 0.6) is 0 Å². The number of carbonyl (C=O) groups is 2. The van der Waals surface area contributed by atoms with Gasteiger partial charge in [0.05, 0.1) is 6.04 Å². The van der Waals surface area contributed by atoms with Gasteiger partial charge in [-0.2, -0.15) is 0 Å². The standard InChI is InChI=1S/C20H19FN4O2/c21-15-6-8-16(9-7-15)22-19(26)13-24-10-11-25-18(20(24)27)12-17(23-25)14-4-2-1-3-5-14/h1-11,17-18,23H,12-13H2,(H,22,26). The third-order valence-corrected chi connectivity index (χ3v) is 4.72. The third-order valence-electron chi connectivity index (χ3n) is 4.72. The van der Waals surface area contributed by atoms with Crippen LogP contribution in [0.25, 0.3) is 0 Å². The summed E-state index contributed by atoms with van der Waals surface area (Å²) < 4.78 is 12.9. The monoisotopic (exact) mass is 366 g/mol. The van der Waals surface area contributed by atoms with Gasteiger partial charge in [0.25, 0.3) is 5.91 Å². The zero-order valence-electron chi connectivity index (χ0n) is 14.5. The molecule has 2 N–H and O–H groups in total. The minimum atomic E-state index is -0.371. The molecule has 1 saturated heterocycles. The van der Waals surface area contributed by atoms with Gasteiger partial charge in [-0.1, -0.05) is 30.3 Å².